The summed E-state index contributed by atoms with van der Waals surface area (Å²) in [6, 6.07) is -0.0773. The van der Waals surface area contributed by atoms with Crippen LogP contribution in [0.2, 0.25) is 0 Å². The highest BCUT2D eigenvalue weighted by molar-refractivity contribution is 7.80. The van der Waals surface area contributed by atoms with Gasteiger partial charge in [0.25, 0.3) is 0 Å². The smallest absolute Gasteiger partial charge is 0.350 e. The lowest BCUT2D eigenvalue weighted by Gasteiger charge is -2.15. The number of nitrogens with zero attached hydrogens (tertiary/aromatic N) is 4. The van der Waals surface area contributed by atoms with Gasteiger partial charge in [0, 0.05) is 6.54 Å². The van der Waals surface area contributed by atoms with Gasteiger partial charge in [-0.2, -0.15) is 0 Å². The van der Waals surface area contributed by atoms with Crippen LogP contribution in [-0.4, -0.2) is 60.0 Å². The van der Waals surface area contributed by atoms with Crippen LogP contribution in [0.4, 0.5) is 5.82 Å². The molecule has 6 N–H and O–H groups in total. The van der Waals surface area contributed by atoms with Gasteiger partial charge >= 0.3 is 7.60 Å². The predicted octanol–water partition coefficient (Wildman–Crippen LogP) is 1.67. The number of ether oxygens (including phenoxy) is 2. The molecule has 0 saturated heterocycles. The molecule has 30 heavy (non-hydrogen) atoms. The summed E-state index contributed by atoms with van der Waals surface area (Å²) in [4.78, 5) is 29.1. The molecule has 0 bridgehead atoms. The third-order valence-corrected chi connectivity index (χ3v) is 4.58. The highest BCUT2D eigenvalue weighted by Gasteiger charge is 2.13. The lowest BCUT2D eigenvalue weighted by Crippen LogP contribution is -2.32. The SMILES string of the molecule is CCCOC(=S)C(N)CC(C)C.Nc1ncnc2c1ncn2CCOCP(=O)(O)O. The predicted molar refractivity (Wildman–Crippen MR) is 119 cm³/mol. The van der Waals surface area contributed by atoms with Crippen LogP contribution >= 0.6 is 19.8 Å². The molecule has 170 valence electrons. The van der Waals surface area contributed by atoms with Gasteiger partial charge in [0.1, 0.15) is 18.2 Å². The van der Waals surface area contributed by atoms with Gasteiger partial charge in [0.15, 0.2) is 16.5 Å². The quantitative estimate of drug-likeness (QED) is 0.230. The van der Waals surface area contributed by atoms with Crippen LogP contribution in [0.15, 0.2) is 12.7 Å². The van der Waals surface area contributed by atoms with Crippen molar-refractivity contribution in [2.45, 2.75) is 46.2 Å². The van der Waals surface area contributed by atoms with E-state index in [0.717, 1.165) is 12.8 Å². The number of rotatable bonds is 10. The number of anilines is 1. The minimum absolute atomic E-state index is 0.0773. The summed E-state index contributed by atoms with van der Waals surface area (Å²) < 4.78 is 22.4. The van der Waals surface area contributed by atoms with E-state index in [-0.39, 0.29) is 18.5 Å². The van der Waals surface area contributed by atoms with Crippen molar-refractivity contribution in [1.82, 2.24) is 19.5 Å². The Morgan fingerprint density at radius 1 is 1.30 bits per heavy atom. The second-order valence-corrected chi connectivity index (χ2v) is 8.96. The van der Waals surface area contributed by atoms with Gasteiger partial charge in [-0.25, -0.2) is 15.0 Å². The zero-order valence-electron chi connectivity index (χ0n) is 17.5. The Kier molecular flexibility index (Phi) is 11.3. The highest BCUT2D eigenvalue weighted by Crippen LogP contribution is 2.33. The van der Waals surface area contributed by atoms with Crippen LogP contribution in [0.25, 0.3) is 11.2 Å². The van der Waals surface area contributed by atoms with Gasteiger partial charge in [0.2, 0.25) is 0 Å². The second-order valence-electron chi connectivity index (χ2n) is 6.97. The van der Waals surface area contributed by atoms with E-state index in [1.54, 1.807) is 4.57 Å². The van der Waals surface area contributed by atoms with E-state index in [1.165, 1.54) is 12.7 Å². The lowest BCUT2D eigenvalue weighted by atomic mass is 10.1. The first-order chi connectivity index (χ1) is 14.0. The van der Waals surface area contributed by atoms with Gasteiger partial charge in [-0.3, -0.25) is 4.57 Å². The van der Waals surface area contributed by atoms with E-state index < -0.39 is 13.9 Å². The maximum Gasteiger partial charge on any atom is 0.350 e. The molecule has 0 radical (unpaired) electrons. The van der Waals surface area contributed by atoms with Crippen molar-refractivity contribution in [2.24, 2.45) is 11.7 Å². The summed E-state index contributed by atoms with van der Waals surface area (Å²) in [5.41, 5.74) is 12.5. The Hall–Kier alpha value is -1.69. The number of nitrogens with two attached hydrogens (primary N) is 2. The molecule has 1 atom stereocenters. The first-order valence-corrected chi connectivity index (χ1v) is 11.7. The third kappa shape index (κ3) is 9.88. The fourth-order valence-electron chi connectivity index (χ4n) is 2.32. The maximum absolute atomic E-state index is 10.6. The van der Waals surface area contributed by atoms with E-state index in [0.29, 0.717) is 35.3 Å². The number of nitrogen functional groups attached to an aromatic ring is 1. The minimum atomic E-state index is -4.12. The van der Waals surface area contributed by atoms with Gasteiger partial charge in [-0.05, 0) is 31.0 Å². The highest BCUT2D eigenvalue weighted by atomic mass is 32.1. The zero-order chi connectivity index (χ0) is 22.7. The van der Waals surface area contributed by atoms with Crippen LogP contribution < -0.4 is 11.5 Å². The van der Waals surface area contributed by atoms with Crippen LogP contribution in [0.1, 0.15) is 33.6 Å². The van der Waals surface area contributed by atoms with Crippen molar-refractivity contribution >= 4 is 41.8 Å². The van der Waals surface area contributed by atoms with Gasteiger partial charge in [-0.1, -0.05) is 20.8 Å². The molecule has 2 heterocycles. The average Bonchev–Trinajstić information content (AvgIpc) is 3.07. The first kappa shape index (κ1) is 26.3. The molecule has 0 saturated carbocycles. The Morgan fingerprint density at radius 2 is 2.00 bits per heavy atom. The molecule has 0 aliphatic heterocycles. The standard InChI is InChI=1S/C9H19NOS.C8H12N5O4P/c1-4-5-11-9(12)8(10)6-7(2)3;9-7-6-8(11-3-10-7)13(4-12-6)1-2-17-5-18(14,15)16/h7-8H,4-6,10H2,1-3H3;3-4H,1-2,5H2,(H2,9,10,11)(H2,14,15,16). The number of hydrogen-bond acceptors (Lipinski definition) is 9. The van der Waals surface area contributed by atoms with Crippen molar-refractivity contribution < 1.29 is 23.8 Å². The number of hydrogen-bond donors (Lipinski definition) is 4. The fraction of sp³-hybridized carbons (Fsp3) is 0.647. The van der Waals surface area contributed by atoms with Crippen molar-refractivity contribution in [3.8, 4) is 0 Å². The Morgan fingerprint density at radius 3 is 2.60 bits per heavy atom. The Bertz CT molecular complexity index is 843. The van der Waals surface area contributed by atoms with Gasteiger partial charge < -0.3 is 35.3 Å². The van der Waals surface area contributed by atoms with E-state index in [1.807, 2.05) is 0 Å². The summed E-state index contributed by atoms with van der Waals surface area (Å²) in [6.07, 6.45) is 4.14. The van der Waals surface area contributed by atoms with Crippen molar-refractivity contribution in [3.63, 3.8) is 0 Å². The number of aromatic nitrogens is 4. The molecule has 11 nitrogen and oxygen atoms in total. The van der Waals surface area contributed by atoms with Crippen molar-refractivity contribution in [3.05, 3.63) is 12.7 Å². The van der Waals surface area contributed by atoms with E-state index in [2.05, 4.69) is 35.7 Å². The molecule has 13 heteroatoms. The summed E-state index contributed by atoms with van der Waals surface area (Å²) >= 11 is 5.01. The monoisotopic (exact) mass is 462 g/mol. The fourth-order valence-corrected chi connectivity index (χ4v) is 2.87. The van der Waals surface area contributed by atoms with Crippen LogP contribution in [0.3, 0.4) is 0 Å². The molecule has 0 aliphatic rings. The summed E-state index contributed by atoms with van der Waals surface area (Å²) in [6.45, 7) is 7.50. The lowest BCUT2D eigenvalue weighted by molar-refractivity contribution is 0.149. The molecule has 0 fully saturated rings. The minimum Gasteiger partial charge on any atom is -0.485 e. The summed E-state index contributed by atoms with van der Waals surface area (Å²) in [5, 5.41) is 0.561. The normalized spacial score (nSPS) is 12.5. The van der Waals surface area contributed by atoms with Crippen LogP contribution in [-0.2, 0) is 20.6 Å². The molecule has 2 aromatic rings. The first-order valence-electron chi connectivity index (χ1n) is 9.51. The van der Waals surface area contributed by atoms with Gasteiger partial charge in [-0.15, -0.1) is 0 Å². The van der Waals surface area contributed by atoms with E-state index >= 15 is 0 Å². The molecule has 0 amide bonds. The largest absolute Gasteiger partial charge is 0.485 e. The van der Waals surface area contributed by atoms with Crippen LogP contribution in [0.5, 0.6) is 0 Å². The third-order valence-electron chi connectivity index (χ3n) is 3.64. The number of fused-ring (bicyclic) bond motifs is 1. The van der Waals surface area contributed by atoms with Crippen LogP contribution in [0, 0.1) is 5.92 Å². The van der Waals surface area contributed by atoms with Crippen molar-refractivity contribution in [1.29, 1.82) is 0 Å². The summed E-state index contributed by atoms with van der Waals surface area (Å²) in [7, 11) is -4.12. The number of thiocarbonyl (C=S) groups is 1. The topological polar surface area (TPSA) is 172 Å². The molecule has 2 rings (SSSR count). The Balaban J connectivity index is 0.000000329. The maximum atomic E-state index is 10.6. The van der Waals surface area contributed by atoms with Crippen molar-refractivity contribution in [2.75, 3.05) is 25.3 Å². The molecule has 0 spiro atoms. The Labute approximate surface area is 181 Å². The second kappa shape index (κ2) is 12.9. The zero-order valence-corrected chi connectivity index (χ0v) is 19.2. The van der Waals surface area contributed by atoms with Gasteiger partial charge in [0.05, 0.1) is 25.6 Å². The molecule has 2 aromatic heterocycles. The number of imidazole rings is 1. The molecular formula is C17H31N6O5PS. The molecule has 1 unspecified atom stereocenters. The summed E-state index contributed by atoms with van der Waals surface area (Å²) in [5.74, 6) is 0.859. The van der Waals surface area contributed by atoms with E-state index in [4.69, 9.17) is 42.9 Å². The molecule has 0 aliphatic carbocycles. The molecular weight excluding hydrogens is 431 g/mol. The van der Waals surface area contributed by atoms with E-state index in [9.17, 15) is 4.57 Å². The molecule has 0 aromatic carbocycles. The average molecular weight is 463 g/mol.